The molecule has 6 nitrogen and oxygen atoms in total. The van der Waals surface area contributed by atoms with Crippen LogP contribution in [-0.4, -0.2) is 64.6 Å². The molecule has 7 heteroatoms. The molecule has 1 fully saturated rings. The molecule has 1 aliphatic heterocycles. The second-order valence-electron chi connectivity index (χ2n) is 5.89. The van der Waals surface area contributed by atoms with Gasteiger partial charge in [0.2, 0.25) is 0 Å². The van der Waals surface area contributed by atoms with Crippen molar-refractivity contribution < 1.29 is 14.3 Å². The Kier molecular flexibility index (Phi) is 4.79. The smallest absolute Gasteiger partial charge is 0.257 e. The molecule has 0 saturated carbocycles. The Morgan fingerprint density at radius 1 is 1.43 bits per heavy atom. The molecule has 2 aromatic rings. The summed E-state index contributed by atoms with van der Waals surface area (Å²) in [5.41, 5.74) is 1.34. The molecule has 1 saturated heterocycles. The Labute approximate surface area is 139 Å². The lowest BCUT2D eigenvalue weighted by atomic mass is 10.2. The Balaban J connectivity index is 1.62. The average Bonchev–Trinajstić information content (AvgIpc) is 3.15. The normalized spacial score (nSPS) is 17.4. The summed E-state index contributed by atoms with van der Waals surface area (Å²) in [5.74, 6) is 0.620. The van der Waals surface area contributed by atoms with E-state index in [9.17, 15) is 9.90 Å². The molecular weight excluding hydrogens is 314 g/mol. The number of aromatic nitrogens is 1. The number of hydrogen-bond acceptors (Lipinski definition) is 6. The van der Waals surface area contributed by atoms with Crippen molar-refractivity contribution in [3.8, 4) is 11.5 Å². The van der Waals surface area contributed by atoms with E-state index in [0.717, 1.165) is 23.8 Å². The monoisotopic (exact) mass is 335 g/mol. The van der Waals surface area contributed by atoms with Gasteiger partial charge in [-0.15, -0.1) is 11.3 Å². The maximum atomic E-state index is 12.6. The third kappa shape index (κ3) is 3.80. The number of furan rings is 1. The van der Waals surface area contributed by atoms with E-state index in [0.29, 0.717) is 31.0 Å². The predicted octanol–water partition coefficient (Wildman–Crippen LogP) is 1.85. The summed E-state index contributed by atoms with van der Waals surface area (Å²) >= 11 is 1.56. The number of carbonyl (C=O) groups excluding carboxylic acids is 1. The topological polar surface area (TPSA) is 69.8 Å². The van der Waals surface area contributed by atoms with Crippen LogP contribution in [-0.2, 0) is 0 Å². The first-order chi connectivity index (χ1) is 11.0. The summed E-state index contributed by atoms with van der Waals surface area (Å²) in [6, 6.07) is 1.76. The van der Waals surface area contributed by atoms with Gasteiger partial charge in [-0.2, -0.15) is 0 Å². The van der Waals surface area contributed by atoms with E-state index in [2.05, 4.69) is 9.88 Å². The van der Waals surface area contributed by atoms with Crippen molar-refractivity contribution >= 4 is 17.2 Å². The van der Waals surface area contributed by atoms with Gasteiger partial charge in [-0.25, -0.2) is 4.98 Å². The summed E-state index contributed by atoms with van der Waals surface area (Å²) in [5, 5.41) is 12.3. The fourth-order valence-electron chi connectivity index (χ4n) is 2.75. The van der Waals surface area contributed by atoms with Crippen molar-refractivity contribution in [1.29, 1.82) is 0 Å². The van der Waals surface area contributed by atoms with E-state index in [4.69, 9.17) is 4.42 Å². The molecule has 3 heterocycles. The van der Waals surface area contributed by atoms with Gasteiger partial charge in [0.1, 0.15) is 12.0 Å². The molecule has 1 atom stereocenters. The van der Waals surface area contributed by atoms with Crippen LogP contribution < -0.4 is 0 Å². The summed E-state index contributed by atoms with van der Waals surface area (Å²) in [4.78, 5) is 20.9. The number of β-amino-alcohol motifs (C(OH)–C–C–N with tert-alkyl or cyclic N) is 1. The summed E-state index contributed by atoms with van der Waals surface area (Å²) in [6.45, 7) is 7.28. The van der Waals surface area contributed by atoms with Crippen LogP contribution in [0, 0.1) is 6.92 Å². The minimum atomic E-state index is -0.338. The summed E-state index contributed by atoms with van der Waals surface area (Å²) in [6.07, 6.45) is 1.17. The van der Waals surface area contributed by atoms with Gasteiger partial charge in [-0.1, -0.05) is 0 Å². The first-order valence-electron chi connectivity index (χ1n) is 7.73. The number of piperazine rings is 1. The molecule has 0 spiro atoms. The third-order valence-electron chi connectivity index (χ3n) is 3.90. The van der Waals surface area contributed by atoms with E-state index >= 15 is 0 Å². The number of carbonyl (C=O) groups is 1. The number of hydrogen-bond donors (Lipinski definition) is 1. The van der Waals surface area contributed by atoms with Crippen molar-refractivity contribution in [2.45, 2.75) is 20.0 Å². The Morgan fingerprint density at radius 3 is 2.78 bits per heavy atom. The zero-order chi connectivity index (χ0) is 16.4. The van der Waals surface area contributed by atoms with Gasteiger partial charge in [-0.05, 0) is 19.9 Å². The van der Waals surface area contributed by atoms with Crippen molar-refractivity contribution in [1.82, 2.24) is 14.8 Å². The fourth-order valence-corrected chi connectivity index (χ4v) is 3.35. The van der Waals surface area contributed by atoms with Crippen LogP contribution in [0.2, 0.25) is 0 Å². The van der Waals surface area contributed by atoms with Crippen molar-refractivity contribution in [3.05, 3.63) is 28.3 Å². The summed E-state index contributed by atoms with van der Waals surface area (Å²) in [7, 11) is 0. The number of aliphatic hydroxyl groups is 1. The SMILES string of the molecule is Cc1nc(-c2cc(C(=O)N3CCN(CC(C)O)CC3)co2)cs1. The first kappa shape index (κ1) is 16.2. The van der Waals surface area contributed by atoms with Gasteiger partial charge in [0.25, 0.3) is 5.91 Å². The minimum Gasteiger partial charge on any atom is -0.462 e. The molecule has 23 heavy (non-hydrogen) atoms. The van der Waals surface area contributed by atoms with Crippen LogP contribution in [0.25, 0.3) is 11.5 Å². The molecule has 1 aliphatic rings. The largest absolute Gasteiger partial charge is 0.462 e. The van der Waals surface area contributed by atoms with Gasteiger partial charge in [0, 0.05) is 38.1 Å². The number of amides is 1. The number of rotatable bonds is 4. The van der Waals surface area contributed by atoms with E-state index in [1.807, 2.05) is 17.2 Å². The highest BCUT2D eigenvalue weighted by Crippen LogP contribution is 2.24. The Morgan fingerprint density at radius 2 is 2.17 bits per heavy atom. The van der Waals surface area contributed by atoms with E-state index in [-0.39, 0.29) is 12.0 Å². The van der Waals surface area contributed by atoms with Gasteiger partial charge in [0.15, 0.2) is 5.76 Å². The second kappa shape index (κ2) is 6.82. The molecule has 0 aromatic carbocycles. The fraction of sp³-hybridized carbons (Fsp3) is 0.500. The van der Waals surface area contributed by atoms with Crippen LogP contribution in [0.15, 0.2) is 22.1 Å². The standard InChI is InChI=1S/C16H21N3O3S/c1-11(20)8-18-3-5-19(6-4-18)16(21)13-7-15(22-9-13)14-10-23-12(2)17-14/h7,9-11,20H,3-6,8H2,1-2H3. The molecule has 1 amide bonds. The number of thiazole rings is 1. The van der Waals surface area contributed by atoms with Crippen LogP contribution in [0.4, 0.5) is 0 Å². The van der Waals surface area contributed by atoms with Crippen molar-refractivity contribution in [3.63, 3.8) is 0 Å². The number of aliphatic hydroxyl groups excluding tert-OH is 1. The molecule has 0 aliphatic carbocycles. The van der Waals surface area contributed by atoms with Crippen LogP contribution >= 0.6 is 11.3 Å². The maximum Gasteiger partial charge on any atom is 0.257 e. The van der Waals surface area contributed by atoms with Crippen LogP contribution in [0.3, 0.4) is 0 Å². The zero-order valence-corrected chi connectivity index (χ0v) is 14.2. The molecule has 2 aromatic heterocycles. The molecule has 0 radical (unpaired) electrons. The zero-order valence-electron chi connectivity index (χ0n) is 13.4. The molecule has 0 bridgehead atoms. The van der Waals surface area contributed by atoms with Crippen molar-refractivity contribution in [2.24, 2.45) is 0 Å². The van der Waals surface area contributed by atoms with E-state index in [1.165, 1.54) is 6.26 Å². The van der Waals surface area contributed by atoms with Crippen LogP contribution in [0.1, 0.15) is 22.3 Å². The molecule has 124 valence electrons. The maximum absolute atomic E-state index is 12.6. The van der Waals surface area contributed by atoms with Gasteiger partial charge >= 0.3 is 0 Å². The number of nitrogens with zero attached hydrogens (tertiary/aromatic N) is 3. The lowest BCUT2D eigenvalue weighted by Gasteiger charge is -2.35. The minimum absolute atomic E-state index is 0.0105. The highest BCUT2D eigenvalue weighted by atomic mass is 32.1. The first-order valence-corrected chi connectivity index (χ1v) is 8.61. The van der Waals surface area contributed by atoms with Crippen molar-refractivity contribution in [2.75, 3.05) is 32.7 Å². The predicted molar refractivity (Wildman–Crippen MR) is 88.6 cm³/mol. The lowest BCUT2D eigenvalue weighted by molar-refractivity contribution is 0.0553. The van der Waals surface area contributed by atoms with E-state index < -0.39 is 0 Å². The molecule has 1 N–H and O–H groups in total. The highest BCUT2D eigenvalue weighted by Gasteiger charge is 2.24. The second-order valence-corrected chi connectivity index (χ2v) is 6.96. The molecular formula is C16H21N3O3S. The third-order valence-corrected chi connectivity index (χ3v) is 4.67. The highest BCUT2D eigenvalue weighted by molar-refractivity contribution is 7.09. The average molecular weight is 335 g/mol. The number of aryl methyl sites for hydroxylation is 1. The van der Waals surface area contributed by atoms with Crippen LogP contribution in [0.5, 0.6) is 0 Å². The Hall–Kier alpha value is -1.70. The molecule has 1 unspecified atom stereocenters. The van der Waals surface area contributed by atoms with Gasteiger partial charge in [-0.3, -0.25) is 9.69 Å². The molecule has 3 rings (SSSR count). The Bertz CT molecular complexity index is 672. The van der Waals surface area contributed by atoms with E-state index in [1.54, 1.807) is 24.3 Å². The quantitative estimate of drug-likeness (QED) is 0.923. The lowest BCUT2D eigenvalue weighted by Crippen LogP contribution is -2.50. The summed E-state index contributed by atoms with van der Waals surface area (Å²) < 4.78 is 5.50. The van der Waals surface area contributed by atoms with Gasteiger partial charge < -0.3 is 14.4 Å². The van der Waals surface area contributed by atoms with Gasteiger partial charge in [0.05, 0.1) is 16.7 Å².